The molecule has 0 bridgehead atoms. The van der Waals surface area contributed by atoms with Crippen LogP contribution in [0.4, 0.5) is 18.3 Å². The molecular formula is C22H24F3N3O2S. The molecule has 0 spiro atoms. The highest BCUT2D eigenvalue weighted by Crippen LogP contribution is 2.33. The summed E-state index contributed by atoms with van der Waals surface area (Å²) in [5.74, 6) is 0.158. The number of benzene rings is 2. The third-order valence-corrected chi connectivity index (χ3v) is 6.07. The van der Waals surface area contributed by atoms with Gasteiger partial charge in [-0.25, -0.2) is 4.98 Å². The molecule has 2 aromatic carbocycles. The summed E-state index contributed by atoms with van der Waals surface area (Å²) in [6.45, 7) is 6.54. The summed E-state index contributed by atoms with van der Waals surface area (Å²) in [5, 5.41) is 0.442. The van der Waals surface area contributed by atoms with E-state index in [0.29, 0.717) is 29.5 Å². The Morgan fingerprint density at radius 3 is 2.48 bits per heavy atom. The van der Waals surface area contributed by atoms with E-state index in [0.717, 1.165) is 29.9 Å². The average Bonchev–Trinajstić information content (AvgIpc) is 3.18. The summed E-state index contributed by atoms with van der Waals surface area (Å²) in [6.07, 6.45) is -4.52. The first-order valence-corrected chi connectivity index (χ1v) is 10.7. The number of halogens is 3. The van der Waals surface area contributed by atoms with Gasteiger partial charge in [-0.15, -0.1) is 0 Å². The fraction of sp³-hybridized carbons (Fsp3) is 0.364. The first-order valence-electron chi connectivity index (χ1n) is 9.92. The SMILES string of the molecule is CCN(CC)CCN(C(=O)c1cccc(C(F)(F)F)c1)c1nc2ccc(OC)cc2s1. The molecule has 0 atom stereocenters. The van der Waals surface area contributed by atoms with E-state index >= 15 is 0 Å². The lowest BCUT2D eigenvalue weighted by Crippen LogP contribution is -2.39. The standard InChI is InChI=1S/C22H24F3N3O2S/c1-4-27(5-2)11-12-28(20(29)15-7-6-8-16(13-15)22(23,24)25)21-26-18-10-9-17(30-3)14-19(18)31-21/h6-10,13-14H,4-5,11-12H2,1-3H3. The first-order chi connectivity index (χ1) is 14.8. The molecule has 5 nitrogen and oxygen atoms in total. The maximum atomic E-state index is 13.3. The minimum absolute atomic E-state index is 0.0220. The van der Waals surface area contributed by atoms with E-state index in [1.54, 1.807) is 19.2 Å². The Kier molecular flexibility index (Phi) is 7.17. The Balaban J connectivity index is 1.99. The predicted molar refractivity (Wildman–Crippen MR) is 117 cm³/mol. The van der Waals surface area contributed by atoms with Crippen molar-refractivity contribution in [3.8, 4) is 5.75 Å². The second kappa shape index (κ2) is 9.65. The van der Waals surface area contributed by atoms with Gasteiger partial charge >= 0.3 is 6.18 Å². The number of nitrogens with zero attached hydrogens (tertiary/aromatic N) is 3. The van der Waals surface area contributed by atoms with Crippen molar-refractivity contribution >= 4 is 32.6 Å². The predicted octanol–water partition coefficient (Wildman–Crippen LogP) is 5.31. The van der Waals surface area contributed by atoms with Crippen molar-refractivity contribution in [2.24, 2.45) is 0 Å². The lowest BCUT2D eigenvalue weighted by Gasteiger charge is -2.25. The molecule has 31 heavy (non-hydrogen) atoms. The maximum absolute atomic E-state index is 13.3. The molecule has 3 aromatic rings. The van der Waals surface area contributed by atoms with Gasteiger partial charge in [0, 0.05) is 18.7 Å². The first kappa shape index (κ1) is 23.0. The van der Waals surface area contributed by atoms with Crippen LogP contribution in [0.2, 0.25) is 0 Å². The molecule has 0 saturated carbocycles. The summed E-state index contributed by atoms with van der Waals surface area (Å²) in [4.78, 5) is 21.5. The van der Waals surface area contributed by atoms with Crippen LogP contribution in [0, 0.1) is 0 Å². The minimum atomic E-state index is -4.52. The highest BCUT2D eigenvalue weighted by Gasteiger charge is 2.32. The van der Waals surface area contributed by atoms with Gasteiger partial charge in [-0.3, -0.25) is 9.69 Å². The quantitative estimate of drug-likeness (QED) is 0.466. The molecule has 0 N–H and O–H groups in total. The number of likely N-dealkylation sites (N-methyl/N-ethyl adjacent to an activating group) is 1. The molecule has 0 unspecified atom stereocenters. The molecule has 0 radical (unpaired) electrons. The zero-order valence-corrected chi connectivity index (χ0v) is 18.4. The number of amides is 1. The van der Waals surface area contributed by atoms with E-state index in [2.05, 4.69) is 9.88 Å². The molecule has 9 heteroatoms. The number of hydrogen-bond acceptors (Lipinski definition) is 5. The number of hydrogen-bond donors (Lipinski definition) is 0. The van der Waals surface area contributed by atoms with E-state index in [9.17, 15) is 18.0 Å². The highest BCUT2D eigenvalue weighted by atomic mass is 32.1. The van der Waals surface area contributed by atoms with E-state index in [4.69, 9.17) is 4.74 Å². The molecular weight excluding hydrogens is 427 g/mol. The van der Waals surface area contributed by atoms with E-state index in [1.807, 2.05) is 19.9 Å². The van der Waals surface area contributed by atoms with Gasteiger partial charge in [-0.05, 0) is 49.5 Å². The summed E-state index contributed by atoms with van der Waals surface area (Å²) in [7, 11) is 1.57. The number of methoxy groups -OCH3 is 1. The molecule has 0 saturated heterocycles. The largest absolute Gasteiger partial charge is 0.497 e. The molecule has 0 aliphatic heterocycles. The normalized spacial score (nSPS) is 11.8. The van der Waals surface area contributed by atoms with Gasteiger partial charge in [0.05, 0.1) is 22.9 Å². The number of alkyl halides is 3. The Hall–Kier alpha value is -2.65. The highest BCUT2D eigenvalue weighted by molar-refractivity contribution is 7.22. The van der Waals surface area contributed by atoms with E-state index < -0.39 is 17.6 Å². The van der Waals surface area contributed by atoms with Crippen LogP contribution in [0.5, 0.6) is 5.75 Å². The van der Waals surface area contributed by atoms with Gasteiger partial charge in [0.25, 0.3) is 5.91 Å². The van der Waals surface area contributed by atoms with Gasteiger partial charge in [-0.1, -0.05) is 31.3 Å². The van der Waals surface area contributed by atoms with Gasteiger partial charge in [0.15, 0.2) is 5.13 Å². The molecule has 0 aliphatic rings. The molecule has 1 amide bonds. The molecule has 3 rings (SSSR count). The number of anilines is 1. The third-order valence-electron chi connectivity index (χ3n) is 5.03. The topological polar surface area (TPSA) is 45.7 Å². The molecule has 0 fully saturated rings. The van der Waals surface area contributed by atoms with Crippen LogP contribution in [0.25, 0.3) is 10.2 Å². The number of rotatable bonds is 8. The van der Waals surface area contributed by atoms with Crippen LogP contribution in [0.3, 0.4) is 0 Å². The van der Waals surface area contributed by atoms with Crippen molar-refractivity contribution in [1.29, 1.82) is 0 Å². The Bertz CT molecular complexity index is 1050. The molecule has 1 heterocycles. The number of carbonyl (C=O) groups excluding carboxylic acids is 1. The average molecular weight is 452 g/mol. The fourth-order valence-electron chi connectivity index (χ4n) is 3.18. The van der Waals surface area contributed by atoms with Gasteiger partial charge in [0.1, 0.15) is 5.75 Å². The maximum Gasteiger partial charge on any atom is 0.416 e. The Labute approximate surface area is 183 Å². The van der Waals surface area contributed by atoms with E-state index in [-0.39, 0.29) is 5.56 Å². The van der Waals surface area contributed by atoms with Crippen LogP contribution in [-0.2, 0) is 6.18 Å². The van der Waals surface area contributed by atoms with Gasteiger partial charge < -0.3 is 9.64 Å². The zero-order valence-electron chi connectivity index (χ0n) is 17.6. The lowest BCUT2D eigenvalue weighted by atomic mass is 10.1. The second-order valence-electron chi connectivity index (χ2n) is 6.89. The number of aromatic nitrogens is 1. The van der Waals surface area contributed by atoms with Crippen molar-refractivity contribution in [2.45, 2.75) is 20.0 Å². The number of ether oxygens (including phenoxy) is 1. The van der Waals surface area contributed by atoms with Gasteiger partial charge in [-0.2, -0.15) is 13.2 Å². The number of thiazole rings is 1. The monoisotopic (exact) mass is 451 g/mol. The van der Waals surface area contributed by atoms with Crippen molar-refractivity contribution in [1.82, 2.24) is 9.88 Å². The van der Waals surface area contributed by atoms with Crippen LogP contribution in [0.1, 0.15) is 29.8 Å². The lowest BCUT2D eigenvalue weighted by molar-refractivity contribution is -0.137. The molecule has 166 valence electrons. The Morgan fingerprint density at radius 1 is 1.10 bits per heavy atom. The summed E-state index contributed by atoms with van der Waals surface area (Å²) >= 11 is 1.31. The van der Waals surface area contributed by atoms with E-state index in [1.165, 1.54) is 28.4 Å². The van der Waals surface area contributed by atoms with Crippen molar-refractivity contribution < 1.29 is 22.7 Å². The zero-order chi connectivity index (χ0) is 22.6. The van der Waals surface area contributed by atoms with Crippen LogP contribution in [-0.4, -0.2) is 49.1 Å². The second-order valence-corrected chi connectivity index (χ2v) is 7.90. The summed E-state index contributed by atoms with van der Waals surface area (Å²) in [6, 6.07) is 9.91. The van der Waals surface area contributed by atoms with Crippen molar-refractivity contribution in [3.63, 3.8) is 0 Å². The summed E-state index contributed by atoms with van der Waals surface area (Å²) in [5.41, 5.74) is -0.173. The fourth-order valence-corrected chi connectivity index (χ4v) is 4.20. The minimum Gasteiger partial charge on any atom is -0.497 e. The Morgan fingerprint density at radius 2 is 1.84 bits per heavy atom. The number of carbonyl (C=O) groups is 1. The van der Waals surface area contributed by atoms with Crippen LogP contribution < -0.4 is 9.64 Å². The third kappa shape index (κ3) is 5.34. The number of fused-ring (bicyclic) bond motifs is 1. The van der Waals surface area contributed by atoms with Crippen LogP contribution in [0.15, 0.2) is 42.5 Å². The molecule has 1 aromatic heterocycles. The molecule has 0 aliphatic carbocycles. The van der Waals surface area contributed by atoms with Crippen molar-refractivity contribution in [2.75, 3.05) is 38.2 Å². The van der Waals surface area contributed by atoms with Crippen molar-refractivity contribution in [3.05, 3.63) is 53.6 Å². The smallest absolute Gasteiger partial charge is 0.416 e. The van der Waals surface area contributed by atoms with Gasteiger partial charge in [0.2, 0.25) is 0 Å². The summed E-state index contributed by atoms with van der Waals surface area (Å²) < 4.78 is 45.6. The van der Waals surface area contributed by atoms with Crippen LogP contribution >= 0.6 is 11.3 Å².